The van der Waals surface area contributed by atoms with E-state index in [1.165, 1.54) is 0 Å². The molecule has 0 N–H and O–H groups in total. The van der Waals surface area contributed by atoms with Gasteiger partial charge >= 0.3 is 6.09 Å². The summed E-state index contributed by atoms with van der Waals surface area (Å²) in [6.45, 7) is 6.39. The van der Waals surface area contributed by atoms with E-state index in [4.69, 9.17) is 4.74 Å². The first-order valence-corrected chi connectivity index (χ1v) is 8.69. The normalized spacial score (nSPS) is 18.4. The lowest BCUT2D eigenvalue weighted by atomic mass is 10.0. The quantitative estimate of drug-likeness (QED) is 0.697. The maximum Gasteiger partial charge on any atom is 0.410 e. The van der Waals surface area contributed by atoms with Crippen molar-refractivity contribution in [3.8, 4) is 0 Å². The largest absolute Gasteiger partial charge is 0.444 e. The van der Waals surface area contributed by atoms with E-state index in [1.54, 1.807) is 0 Å². The molecule has 2 heterocycles. The van der Waals surface area contributed by atoms with E-state index in [0.29, 0.717) is 6.54 Å². The zero-order valence-corrected chi connectivity index (χ0v) is 15.3. The molecule has 1 amide bonds. The van der Waals surface area contributed by atoms with Gasteiger partial charge in [0.2, 0.25) is 0 Å². The zero-order chi connectivity index (χ0) is 16.6. The van der Waals surface area contributed by atoms with Gasteiger partial charge in [0.25, 0.3) is 0 Å². The fraction of sp³-hybridized carbons (Fsp3) is 0.444. The van der Waals surface area contributed by atoms with Crippen LogP contribution in [0.3, 0.4) is 0 Å². The molecule has 122 valence electrons. The molecule has 0 aliphatic carbocycles. The minimum Gasteiger partial charge on any atom is -0.444 e. The molecule has 0 saturated carbocycles. The maximum atomic E-state index is 12.5. The van der Waals surface area contributed by atoms with E-state index in [2.05, 4.69) is 27.0 Å². The highest BCUT2D eigenvalue weighted by Crippen LogP contribution is 2.36. The van der Waals surface area contributed by atoms with Crippen molar-refractivity contribution in [3.63, 3.8) is 0 Å². The average Bonchev–Trinajstić information content (AvgIpc) is 2.95. The van der Waals surface area contributed by atoms with Crippen molar-refractivity contribution in [2.75, 3.05) is 6.54 Å². The molecule has 1 atom stereocenters. The Morgan fingerprint density at radius 1 is 1.30 bits per heavy atom. The Kier molecular flexibility index (Phi) is 4.32. The number of amides is 1. The van der Waals surface area contributed by atoms with Crippen molar-refractivity contribution in [1.82, 2.24) is 9.88 Å². The Morgan fingerprint density at radius 3 is 2.83 bits per heavy atom. The number of halogens is 1. The molecule has 1 aromatic carbocycles. The van der Waals surface area contributed by atoms with Crippen molar-refractivity contribution >= 4 is 32.8 Å². The summed E-state index contributed by atoms with van der Waals surface area (Å²) in [5.74, 6) is 0. The van der Waals surface area contributed by atoms with Crippen molar-refractivity contribution in [2.24, 2.45) is 0 Å². The van der Waals surface area contributed by atoms with Crippen molar-refractivity contribution in [2.45, 2.75) is 45.3 Å². The lowest BCUT2D eigenvalue weighted by Gasteiger charge is -2.28. The third-order valence-electron chi connectivity index (χ3n) is 3.98. The number of carbonyl (C=O) groups is 1. The highest BCUT2D eigenvalue weighted by molar-refractivity contribution is 9.10. The second kappa shape index (κ2) is 6.11. The molecule has 0 bridgehead atoms. The Bertz CT molecular complexity index is 739. The first kappa shape index (κ1) is 16.2. The number of rotatable bonds is 1. The topological polar surface area (TPSA) is 42.4 Å². The van der Waals surface area contributed by atoms with E-state index >= 15 is 0 Å². The van der Waals surface area contributed by atoms with Crippen molar-refractivity contribution in [1.29, 1.82) is 0 Å². The van der Waals surface area contributed by atoms with Gasteiger partial charge in [-0.15, -0.1) is 0 Å². The number of hydrogen-bond acceptors (Lipinski definition) is 3. The number of ether oxygens (including phenoxy) is 1. The van der Waals surface area contributed by atoms with Gasteiger partial charge in [0.1, 0.15) is 5.60 Å². The summed E-state index contributed by atoms with van der Waals surface area (Å²) >= 11 is 3.59. The van der Waals surface area contributed by atoms with Gasteiger partial charge in [0, 0.05) is 22.6 Å². The second-order valence-corrected chi connectivity index (χ2v) is 7.72. The lowest BCUT2D eigenvalue weighted by Crippen LogP contribution is -2.36. The van der Waals surface area contributed by atoms with Crippen molar-refractivity contribution < 1.29 is 9.53 Å². The number of nitrogens with zero attached hydrogens (tertiary/aromatic N) is 2. The average molecular weight is 377 g/mol. The third kappa shape index (κ3) is 3.34. The van der Waals surface area contributed by atoms with Gasteiger partial charge in [-0.25, -0.2) is 4.79 Å². The Balaban J connectivity index is 1.98. The van der Waals surface area contributed by atoms with Gasteiger partial charge in [-0.3, -0.25) is 9.88 Å². The highest BCUT2D eigenvalue weighted by Gasteiger charge is 2.34. The smallest absolute Gasteiger partial charge is 0.410 e. The van der Waals surface area contributed by atoms with Gasteiger partial charge < -0.3 is 4.74 Å². The van der Waals surface area contributed by atoms with Gasteiger partial charge in [0.05, 0.1) is 11.7 Å². The molecule has 1 aliphatic heterocycles. The standard InChI is InChI=1S/C18H21BrN2O2/c1-18(2,3)23-17(22)21-11-5-8-15(21)16-13-6-4-7-14(19)12(13)9-10-20-16/h4,6-7,9-10,15H,5,8,11H2,1-3H3. The second-order valence-electron chi connectivity index (χ2n) is 6.86. The number of benzene rings is 1. The molecule has 5 heteroatoms. The van der Waals surface area contributed by atoms with E-state index < -0.39 is 5.60 Å². The zero-order valence-electron chi connectivity index (χ0n) is 13.7. The predicted molar refractivity (Wildman–Crippen MR) is 94.4 cm³/mol. The van der Waals surface area contributed by atoms with Crippen LogP contribution in [0.2, 0.25) is 0 Å². The molecule has 1 aliphatic rings. The van der Waals surface area contributed by atoms with Crippen LogP contribution < -0.4 is 0 Å². The van der Waals surface area contributed by atoms with Gasteiger partial charge in [-0.2, -0.15) is 0 Å². The van der Waals surface area contributed by atoms with Gasteiger partial charge in [0.15, 0.2) is 0 Å². The van der Waals surface area contributed by atoms with E-state index in [9.17, 15) is 4.79 Å². The Hall–Kier alpha value is -1.62. The summed E-state index contributed by atoms with van der Waals surface area (Å²) in [7, 11) is 0. The van der Waals surface area contributed by atoms with Crippen LogP contribution in [0.15, 0.2) is 34.9 Å². The van der Waals surface area contributed by atoms with Crippen LogP contribution in [0.25, 0.3) is 10.8 Å². The van der Waals surface area contributed by atoms with E-state index in [0.717, 1.165) is 33.8 Å². The van der Waals surface area contributed by atoms with Crippen LogP contribution >= 0.6 is 15.9 Å². The van der Waals surface area contributed by atoms with Crippen LogP contribution in [0, 0.1) is 0 Å². The molecule has 1 saturated heterocycles. The molecule has 0 radical (unpaired) electrons. The summed E-state index contributed by atoms with van der Waals surface area (Å²) in [5.41, 5.74) is 0.464. The molecular formula is C18H21BrN2O2. The number of pyridine rings is 1. The molecule has 1 aromatic heterocycles. The third-order valence-corrected chi connectivity index (χ3v) is 4.67. The minimum atomic E-state index is -0.487. The first-order chi connectivity index (χ1) is 10.9. The summed E-state index contributed by atoms with van der Waals surface area (Å²) in [4.78, 5) is 18.9. The minimum absolute atomic E-state index is 0.0251. The van der Waals surface area contributed by atoms with E-state index in [1.807, 2.05) is 50.1 Å². The summed E-state index contributed by atoms with van der Waals surface area (Å²) < 4.78 is 6.60. The monoisotopic (exact) mass is 376 g/mol. The van der Waals surface area contributed by atoms with Crippen LogP contribution in [-0.2, 0) is 4.74 Å². The number of aromatic nitrogens is 1. The highest BCUT2D eigenvalue weighted by atomic mass is 79.9. The SMILES string of the molecule is CC(C)(C)OC(=O)N1CCCC1c1nccc2c(Br)cccc12. The Morgan fingerprint density at radius 2 is 2.09 bits per heavy atom. The lowest BCUT2D eigenvalue weighted by molar-refractivity contribution is 0.0222. The molecule has 0 spiro atoms. The van der Waals surface area contributed by atoms with E-state index in [-0.39, 0.29) is 12.1 Å². The summed E-state index contributed by atoms with van der Waals surface area (Å²) in [6.07, 6.45) is 3.44. The fourth-order valence-corrected chi connectivity index (χ4v) is 3.55. The Labute approximate surface area is 145 Å². The molecule has 1 fully saturated rings. The number of fused-ring (bicyclic) bond motifs is 1. The fourth-order valence-electron chi connectivity index (χ4n) is 3.05. The molecule has 3 rings (SSSR count). The van der Waals surface area contributed by atoms with Gasteiger partial charge in [-0.1, -0.05) is 28.1 Å². The summed E-state index contributed by atoms with van der Waals surface area (Å²) in [6, 6.07) is 8.06. The van der Waals surface area contributed by atoms with Gasteiger partial charge in [-0.05, 0) is 51.1 Å². The van der Waals surface area contributed by atoms with Crippen LogP contribution in [0.4, 0.5) is 4.79 Å². The van der Waals surface area contributed by atoms with Crippen LogP contribution in [0.1, 0.15) is 45.3 Å². The van der Waals surface area contributed by atoms with Crippen LogP contribution in [0.5, 0.6) is 0 Å². The molecular weight excluding hydrogens is 356 g/mol. The van der Waals surface area contributed by atoms with Crippen LogP contribution in [-0.4, -0.2) is 28.1 Å². The first-order valence-electron chi connectivity index (χ1n) is 7.89. The molecule has 2 aromatic rings. The number of hydrogen-bond donors (Lipinski definition) is 0. The summed E-state index contributed by atoms with van der Waals surface area (Å²) in [5, 5.41) is 2.20. The maximum absolute atomic E-state index is 12.5. The predicted octanol–water partition coefficient (Wildman–Crippen LogP) is 5.07. The number of likely N-dealkylation sites (tertiary alicyclic amines) is 1. The molecule has 1 unspecified atom stereocenters. The molecule has 4 nitrogen and oxygen atoms in total. The molecule has 23 heavy (non-hydrogen) atoms. The van der Waals surface area contributed by atoms with Crippen molar-refractivity contribution in [3.05, 3.63) is 40.6 Å². The number of carbonyl (C=O) groups excluding carboxylic acids is 1.